The van der Waals surface area contributed by atoms with Crippen molar-refractivity contribution in [3.63, 3.8) is 0 Å². The van der Waals surface area contributed by atoms with Crippen LogP contribution in [0, 0.1) is 6.92 Å². The molecular weight excluding hydrogens is 374 g/mol. The number of hydrogen-bond donors (Lipinski definition) is 3. The average molecular weight is 395 g/mol. The minimum atomic E-state index is -1.04. The molecule has 0 unspecified atom stereocenters. The highest BCUT2D eigenvalue weighted by Crippen LogP contribution is 2.21. The number of carbonyl (C=O) groups is 2. The third-order valence-corrected chi connectivity index (χ3v) is 4.54. The van der Waals surface area contributed by atoms with Crippen molar-refractivity contribution < 1.29 is 19.4 Å². The van der Waals surface area contributed by atoms with Gasteiger partial charge < -0.3 is 15.2 Å². The smallest absolute Gasteiger partial charge is 0.305 e. The maximum atomic E-state index is 12.7. The molecule has 3 aromatic rings. The molecule has 0 aliphatic carbocycles. The second-order valence-electron chi connectivity index (χ2n) is 6.52. The summed E-state index contributed by atoms with van der Waals surface area (Å²) in [5.74, 6) is -0.965. The number of H-pyrrole nitrogens is 1. The van der Waals surface area contributed by atoms with Gasteiger partial charge in [0.05, 0.1) is 25.3 Å². The molecule has 8 heteroatoms. The molecule has 1 heterocycles. The lowest BCUT2D eigenvalue weighted by Crippen LogP contribution is -2.31. The fourth-order valence-corrected chi connectivity index (χ4v) is 3.06. The lowest BCUT2D eigenvalue weighted by molar-refractivity contribution is -0.137. The summed E-state index contributed by atoms with van der Waals surface area (Å²) in [6, 6.07) is 14.4. The number of aromatic nitrogens is 2. The number of aromatic amines is 1. The van der Waals surface area contributed by atoms with Gasteiger partial charge in [-0.3, -0.25) is 19.5 Å². The van der Waals surface area contributed by atoms with E-state index in [1.54, 1.807) is 43.5 Å². The third-order valence-electron chi connectivity index (χ3n) is 4.54. The molecule has 8 nitrogen and oxygen atoms in total. The number of aryl methyl sites for hydroxylation is 1. The molecule has 29 heavy (non-hydrogen) atoms. The van der Waals surface area contributed by atoms with Gasteiger partial charge in [-0.1, -0.05) is 24.3 Å². The van der Waals surface area contributed by atoms with E-state index in [9.17, 15) is 19.5 Å². The van der Waals surface area contributed by atoms with E-state index < -0.39 is 23.5 Å². The molecule has 0 fully saturated rings. The quantitative estimate of drug-likeness (QED) is 0.569. The first-order chi connectivity index (χ1) is 13.9. The van der Waals surface area contributed by atoms with Crippen molar-refractivity contribution in [1.82, 2.24) is 15.1 Å². The number of ether oxygens (including phenoxy) is 1. The largest absolute Gasteiger partial charge is 0.497 e. The van der Waals surface area contributed by atoms with Gasteiger partial charge in [0.2, 0.25) is 0 Å². The van der Waals surface area contributed by atoms with Crippen molar-refractivity contribution in [3.8, 4) is 11.4 Å². The third kappa shape index (κ3) is 4.55. The molecule has 0 aliphatic rings. The van der Waals surface area contributed by atoms with Crippen molar-refractivity contribution >= 4 is 11.9 Å². The van der Waals surface area contributed by atoms with Crippen LogP contribution in [0.5, 0.6) is 5.75 Å². The van der Waals surface area contributed by atoms with E-state index >= 15 is 0 Å². The van der Waals surface area contributed by atoms with Crippen molar-refractivity contribution in [3.05, 3.63) is 81.8 Å². The zero-order valence-electron chi connectivity index (χ0n) is 16.0. The molecule has 0 saturated carbocycles. The molecule has 2 aromatic carbocycles. The van der Waals surface area contributed by atoms with Crippen molar-refractivity contribution in [2.75, 3.05) is 7.11 Å². The number of rotatable bonds is 7. The topological polar surface area (TPSA) is 113 Å². The molecular formula is C21H21N3O5. The molecule has 1 atom stereocenters. The van der Waals surface area contributed by atoms with Crippen molar-refractivity contribution in [1.29, 1.82) is 0 Å². The lowest BCUT2D eigenvalue weighted by atomic mass is 9.98. The van der Waals surface area contributed by atoms with Crippen LogP contribution in [-0.2, 0) is 4.79 Å². The van der Waals surface area contributed by atoms with Gasteiger partial charge >= 0.3 is 5.97 Å². The summed E-state index contributed by atoms with van der Waals surface area (Å²) in [7, 11) is 1.54. The van der Waals surface area contributed by atoms with Crippen LogP contribution >= 0.6 is 0 Å². The number of amides is 1. The molecule has 3 rings (SSSR count). The first-order valence-corrected chi connectivity index (χ1v) is 8.93. The number of aliphatic carboxylic acids is 1. The molecule has 3 N–H and O–H groups in total. The monoisotopic (exact) mass is 395 g/mol. The van der Waals surface area contributed by atoms with Gasteiger partial charge in [0.25, 0.3) is 11.5 Å². The summed E-state index contributed by atoms with van der Waals surface area (Å²) in [4.78, 5) is 36.3. The molecule has 1 amide bonds. The number of benzene rings is 2. The number of carboxylic acid groups (broad SMARTS) is 1. The predicted molar refractivity (Wildman–Crippen MR) is 107 cm³/mol. The number of methoxy groups -OCH3 is 1. The summed E-state index contributed by atoms with van der Waals surface area (Å²) in [5, 5.41) is 14.7. The highest BCUT2D eigenvalue weighted by molar-refractivity contribution is 5.92. The Morgan fingerprint density at radius 1 is 1.17 bits per heavy atom. The SMILES string of the molecule is COc1ccc(-n2[nH]c(C(=O)N[C@@H](CC(=O)O)c3ccccc3C)cc2=O)cc1. The van der Waals surface area contributed by atoms with E-state index in [-0.39, 0.29) is 12.1 Å². The van der Waals surface area contributed by atoms with Crippen LogP contribution in [0.25, 0.3) is 5.69 Å². The van der Waals surface area contributed by atoms with E-state index in [2.05, 4.69) is 10.4 Å². The van der Waals surface area contributed by atoms with Gasteiger partial charge in [-0.15, -0.1) is 0 Å². The zero-order chi connectivity index (χ0) is 21.0. The summed E-state index contributed by atoms with van der Waals surface area (Å²) in [5.41, 5.74) is 1.74. The molecule has 0 aliphatic heterocycles. The first kappa shape index (κ1) is 19.9. The van der Waals surface area contributed by atoms with Gasteiger partial charge in [-0.25, -0.2) is 4.68 Å². The molecule has 1 aromatic heterocycles. The number of hydrogen-bond acceptors (Lipinski definition) is 4. The lowest BCUT2D eigenvalue weighted by Gasteiger charge is -2.19. The minimum Gasteiger partial charge on any atom is -0.497 e. The second kappa shape index (κ2) is 8.47. The Labute approximate surface area is 166 Å². The fraction of sp³-hybridized carbons (Fsp3) is 0.190. The van der Waals surface area contributed by atoms with Crippen LogP contribution in [0.2, 0.25) is 0 Å². The van der Waals surface area contributed by atoms with Crippen LogP contribution in [-0.4, -0.2) is 33.9 Å². The van der Waals surface area contributed by atoms with Crippen LogP contribution < -0.4 is 15.6 Å². The second-order valence-corrected chi connectivity index (χ2v) is 6.52. The standard InChI is InChI=1S/C21H21N3O5/c1-13-5-3-4-6-16(13)17(12-20(26)27)22-21(28)18-11-19(25)24(23-18)14-7-9-15(29-2)10-8-14/h3-11,17,23H,12H2,1-2H3,(H,22,28)(H,26,27)/t17-/m0/s1. The first-order valence-electron chi connectivity index (χ1n) is 8.93. The van der Waals surface area contributed by atoms with Crippen LogP contribution in [0.3, 0.4) is 0 Å². The Balaban J connectivity index is 1.86. The maximum absolute atomic E-state index is 12.7. The Morgan fingerprint density at radius 3 is 2.48 bits per heavy atom. The van der Waals surface area contributed by atoms with Gasteiger partial charge in [0.15, 0.2) is 0 Å². The highest BCUT2D eigenvalue weighted by Gasteiger charge is 2.22. The Kier molecular flexibility index (Phi) is 5.82. The van der Waals surface area contributed by atoms with E-state index in [0.717, 1.165) is 5.56 Å². The summed E-state index contributed by atoms with van der Waals surface area (Å²) >= 11 is 0. The number of carboxylic acids is 1. The Hall–Kier alpha value is -3.81. The Morgan fingerprint density at radius 2 is 1.86 bits per heavy atom. The average Bonchev–Trinajstić information content (AvgIpc) is 3.09. The van der Waals surface area contributed by atoms with E-state index in [1.165, 1.54) is 10.7 Å². The number of nitrogens with zero attached hydrogens (tertiary/aromatic N) is 1. The molecule has 0 saturated heterocycles. The zero-order valence-corrected chi connectivity index (χ0v) is 16.0. The van der Waals surface area contributed by atoms with Crippen LogP contribution in [0.1, 0.15) is 34.1 Å². The van der Waals surface area contributed by atoms with Crippen molar-refractivity contribution in [2.45, 2.75) is 19.4 Å². The normalized spacial score (nSPS) is 11.7. The van der Waals surface area contributed by atoms with Crippen LogP contribution in [0.4, 0.5) is 0 Å². The number of carbonyl (C=O) groups excluding carboxylic acids is 1. The summed E-state index contributed by atoms with van der Waals surface area (Å²) < 4.78 is 6.33. The summed E-state index contributed by atoms with van der Waals surface area (Å²) in [6.45, 7) is 1.85. The summed E-state index contributed by atoms with van der Waals surface area (Å²) in [6.07, 6.45) is -0.278. The van der Waals surface area contributed by atoms with E-state index in [1.807, 2.05) is 19.1 Å². The highest BCUT2D eigenvalue weighted by atomic mass is 16.5. The minimum absolute atomic E-state index is 0.0368. The predicted octanol–water partition coefficient (Wildman–Crippen LogP) is 2.43. The molecule has 0 spiro atoms. The van der Waals surface area contributed by atoms with Crippen molar-refractivity contribution in [2.24, 2.45) is 0 Å². The molecule has 0 bridgehead atoms. The van der Waals surface area contributed by atoms with Gasteiger partial charge in [-0.2, -0.15) is 0 Å². The van der Waals surface area contributed by atoms with Gasteiger partial charge in [-0.05, 0) is 42.3 Å². The fourth-order valence-electron chi connectivity index (χ4n) is 3.06. The number of nitrogens with one attached hydrogen (secondary N) is 2. The van der Waals surface area contributed by atoms with Gasteiger partial charge in [0.1, 0.15) is 11.4 Å². The maximum Gasteiger partial charge on any atom is 0.305 e. The van der Waals surface area contributed by atoms with Crippen LogP contribution in [0.15, 0.2) is 59.4 Å². The Bertz CT molecular complexity index is 1080. The molecule has 0 radical (unpaired) electrons. The molecule has 150 valence electrons. The van der Waals surface area contributed by atoms with E-state index in [0.29, 0.717) is 17.0 Å². The van der Waals surface area contributed by atoms with E-state index in [4.69, 9.17) is 4.74 Å². The van der Waals surface area contributed by atoms with Gasteiger partial charge in [0, 0.05) is 6.07 Å².